The van der Waals surface area contributed by atoms with Crippen LogP contribution in [-0.2, 0) is 22.6 Å². The van der Waals surface area contributed by atoms with Gasteiger partial charge in [-0.05, 0) is 55.2 Å². The minimum atomic E-state index is -0.657. The first-order valence-electron chi connectivity index (χ1n) is 13.0. The highest BCUT2D eigenvalue weighted by atomic mass is 16.5. The summed E-state index contributed by atoms with van der Waals surface area (Å²) in [6.07, 6.45) is 4.64. The fraction of sp³-hybridized carbons (Fsp3) is 0.355. The summed E-state index contributed by atoms with van der Waals surface area (Å²) in [5, 5.41) is 3.23. The van der Waals surface area contributed by atoms with Crippen LogP contribution in [-0.4, -0.2) is 42.5 Å². The Labute approximate surface area is 219 Å². The van der Waals surface area contributed by atoms with Crippen molar-refractivity contribution >= 4 is 11.8 Å². The number of amides is 2. The van der Waals surface area contributed by atoms with Crippen molar-refractivity contribution in [1.29, 1.82) is 0 Å². The van der Waals surface area contributed by atoms with Crippen molar-refractivity contribution in [3.63, 3.8) is 0 Å². The number of hydrogen-bond donors (Lipinski definition) is 1. The van der Waals surface area contributed by atoms with Gasteiger partial charge in [0.25, 0.3) is 5.91 Å². The Balaban J connectivity index is 1.59. The number of methoxy groups -OCH3 is 1. The molecule has 0 bridgehead atoms. The van der Waals surface area contributed by atoms with Gasteiger partial charge in [0, 0.05) is 19.0 Å². The fourth-order valence-electron chi connectivity index (χ4n) is 4.83. The average molecular weight is 501 g/mol. The molecule has 1 N–H and O–H groups in total. The van der Waals surface area contributed by atoms with Gasteiger partial charge in [-0.15, -0.1) is 0 Å². The molecule has 2 amide bonds. The number of carbonyl (C=O) groups excluding carboxylic acids is 2. The molecule has 0 spiro atoms. The van der Waals surface area contributed by atoms with Crippen LogP contribution in [0.2, 0.25) is 0 Å². The lowest BCUT2D eigenvalue weighted by molar-refractivity contribution is -0.143. The van der Waals surface area contributed by atoms with E-state index in [0.29, 0.717) is 24.5 Å². The second-order valence-corrected chi connectivity index (χ2v) is 9.67. The predicted octanol–water partition coefficient (Wildman–Crippen LogP) is 5.08. The van der Waals surface area contributed by atoms with E-state index in [9.17, 15) is 9.59 Å². The third-order valence-electron chi connectivity index (χ3n) is 6.83. The van der Waals surface area contributed by atoms with Gasteiger partial charge in [-0.3, -0.25) is 9.59 Å². The summed E-state index contributed by atoms with van der Waals surface area (Å²) >= 11 is 0. The van der Waals surface area contributed by atoms with Crippen LogP contribution in [0.4, 0.5) is 0 Å². The van der Waals surface area contributed by atoms with Crippen molar-refractivity contribution in [2.24, 2.45) is 0 Å². The summed E-state index contributed by atoms with van der Waals surface area (Å²) in [5.41, 5.74) is 3.09. The zero-order valence-electron chi connectivity index (χ0n) is 21.7. The molecule has 1 atom stereocenters. The zero-order chi connectivity index (χ0) is 26.0. The van der Waals surface area contributed by atoms with E-state index in [1.807, 2.05) is 55.5 Å². The minimum absolute atomic E-state index is 0.110. The fourth-order valence-corrected chi connectivity index (χ4v) is 4.83. The van der Waals surface area contributed by atoms with Gasteiger partial charge >= 0.3 is 0 Å². The maximum atomic E-state index is 13.7. The van der Waals surface area contributed by atoms with Gasteiger partial charge in [0.15, 0.2) is 6.61 Å². The molecule has 0 unspecified atom stereocenters. The van der Waals surface area contributed by atoms with Crippen LogP contribution in [0.15, 0.2) is 78.9 Å². The zero-order valence-corrected chi connectivity index (χ0v) is 21.7. The van der Waals surface area contributed by atoms with Crippen LogP contribution >= 0.6 is 0 Å². The summed E-state index contributed by atoms with van der Waals surface area (Å²) < 4.78 is 11.0. The number of aryl methyl sites for hydroxylation is 1. The maximum Gasteiger partial charge on any atom is 0.261 e. The molecule has 1 fully saturated rings. The first kappa shape index (κ1) is 26.3. The van der Waals surface area contributed by atoms with Crippen molar-refractivity contribution in [2.45, 2.75) is 57.7 Å². The SMILES string of the molecule is COc1ccc(OCC(=O)N(Cc2cccc(C)c2)[C@@H](Cc2ccccc2)C(=O)NC2CCCC2)cc1. The summed E-state index contributed by atoms with van der Waals surface area (Å²) in [5.74, 6) is 0.937. The highest BCUT2D eigenvalue weighted by molar-refractivity contribution is 5.88. The van der Waals surface area contributed by atoms with Gasteiger partial charge in [-0.2, -0.15) is 0 Å². The molecular formula is C31H36N2O4. The highest BCUT2D eigenvalue weighted by Gasteiger charge is 2.32. The second-order valence-electron chi connectivity index (χ2n) is 9.67. The number of hydrogen-bond acceptors (Lipinski definition) is 4. The predicted molar refractivity (Wildman–Crippen MR) is 145 cm³/mol. The van der Waals surface area contributed by atoms with E-state index in [1.54, 1.807) is 36.3 Å². The van der Waals surface area contributed by atoms with Crippen molar-refractivity contribution in [3.8, 4) is 11.5 Å². The monoisotopic (exact) mass is 500 g/mol. The first-order valence-corrected chi connectivity index (χ1v) is 13.0. The van der Waals surface area contributed by atoms with Crippen LogP contribution in [0.1, 0.15) is 42.4 Å². The number of nitrogens with zero attached hydrogens (tertiary/aromatic N) is 1. The standard InChI is InChI=1S/C31H36N2O4/c1-23-9-8-12-25(19-23)21-33(30(34)22-37-28-17-15-27(36-2)16-18-28)29(20-24-10-4-3-5-11-24)31(35)32-26-13-6-7-14-26/h3-5,8-12,15-19,26,29H,6-7,13-14,20-22H2,1-2H3,(H,32,35)/t29-/m0/s1. The van der Waals surface area contributed by atoms with Crippen LogP contribution in [0.5, 0.6) is 11.5 Å². The van der Waals surface area contributed by atoms with Gasteiger partial charge in [0.1, 0.15) is 17.5 Å². The third-order valence-corrected chi connectivity index (χ3v) is 6.83. The molecule has 6 nitrogen and oxygen atoms in total. The lowest BCUT2D eigenvalue weighted by Gasteiger charge is -2.32. The number of nitrogens with one attached hydrogen (secondary N) is 1. The first-order chi connectivity index (χ1) is 18.0. The van der Waals surface area contributed by atoms with E-state index in [0.717, 1.165) is 42.4 Å². The van der Waals surface area contributed by atoms with Crippen molar-refractivity contribution in [1.82, 2.24) is 10.2 Å². The van der Waals surface area contributed by atoms with Gasteiger partial charge in [0.2, 0.25) is 5.91 Å². The lowest BCUT2D eigenvalue weighted by atomic mass is 10.0. The molecule has 3 aromatic rings. The van der Waals surface area contributed by atoms with Crippen LogP contribution in [0.25, 0.3) is 0 Å². The molecule has 0 aromatic heterocycles. The molecule has 1 saturated carbocycles. The Bertz CT molecular complexity index is 1160. The average Bonchev–Trinajstić information content (AvgIpc) is 3.43. The Morgan fingerprint density at radius 3 is 2.27 bits per heavy atom. The lowest BCUT2D eigenvalue weighted by Crippen LogP contribution is -2.53. The smallest absolute Gasteiger partial charge is 0.261 e. The van der Waals surface area contributed by atoms with E-state index in [4.69, 9.17) is 9.47 Å². The number of carbonyl (C=O) groups is 2. The maximum absolute atomic E-state index is 13.7. The molecule has 0 heterocycles. The Hall–Kier alpha value is -3.80. The molecule has 4 rings (SSSR count). The van der Waals surface area contributed by atoms with Crippen LogP contribution in [0.3, 0.4) is 0 Å². The molecule has 0 aliphatic heterocycles. The van der Waals surface area contributed by atoms with Crippen LogP contribution < -0.4 is 14.8 Å². The molecule has 0 saturated heterocycles. The van der Waals surface area contributed by atoms with Gasteiger partial charge in [0.05, 0.1) is 7.11 Å². The number of ether oxygens (including phenoxy) is 2. The second kappa shape index (κ2) is 12.9. The van der Waals surface area contributed by atoms with E-state index in [1.165, 1.54) is 0 Å². The van der Waals surface area contributed by atoms with Gasteiger partial charge < -0.3 is 19.7 Å². The molecular weight excluding hydrogens is 464 g/mol. The summed E-state index contributed by atoms with van der Waals surface area (Å²) in [7, 11) is 1.60. The largest absolute Gasteiger partial charge is 0.497 e. The highest BCUT2D eigenvalue weighted by Crippen LogP contribution is 2.21. The summed E-state index contributed by atoms with van der Waals surface area (Å²) in [6.45, 7) is 2.18. The van der Waals surface area contributed by atoms with Crippen LogP contribution in [0, 0.1) is 6.92 Å². The van der Waals surface area contributed by atoms with Crippen molar-refractivity contribution in [2.75, 3.05) is 13.7 Å². The normalized spacial score (nSPS) is 14.1. The molecule has 1 aliphatic carbocycles. The van der Waals surface area contributed by atoms with Gasteiger partial charge in [-0.1, -0.05) is 73.0 Å². The molecule has 6 heteroatoms. The summed E-state index contributed by atoms with van der Waals surface area (Å²) in [6, 6.07) is 24.5. The number of benzene rings is 3. The molecule has 0 radical (unpaired) electrons. The third kappa shape index (κ3) is 7.59. The van der Waals surface area contributed by atoms with Gasteiger partial charge in [-0.25, -0.2) is 0 Å². The molecule has 3 aromatic carbocycles. The van der Waals surface area contributed by atoms with E-state index >= 15 is 0 Å². The van der Waals surface area contributed by atoms with Crippen molar-refractivity contribution < 1.29 is 19.1 Å². The Morgan fingerprint density at radius 2 is 1.59 bits per heavy atom. The summed E-state index contributed by atoms with van der Waals surface area (Å²) in [4.78, 5) is 29.1. The molecule has 1 aliphatic rings. The Morgan fingerprint density at radius 1 is 0.919 bits per heavy atom. The van der Waals surface area contributed by atoms with E-state index in [-0.39, 0.29) is 24.5 Å². The topological polar surface area (TPSA) is 67.9 Å². The minimum Gasteiger partial charge on any atom is -0.497 e. The van der Waals surface area contributed by atoms with E-state index in [2.05, 4.69) is 11.4 Å². The van der Waals surface area contributed by atoms with E-state index < -0.39 is 6.04 Å². The quantitative estimate of drug-likeness (QED) is 0.399. The Kier molecular flexibility index (Phi) is 9.19. The molecule has 37 heavy (non-hydrogen) atoms. The van der Waals surface area contributed by atoms with Crippen molar-refractivity contribution in [3.05, 3.63) is 95.6 Å². The number of rotatable bonds is 11. The molecule has 194 valence electrons.